The first-order valence-corrected chi connectivity index (χ1v) is 10.4. The topological polar surface area (TPSA) is 30.2 Å². The Bertz CT molecular complexity index is 1500. The van der Waals surface area contributed by atoms with Gasteiger partial charge < -0.3 is 0 Å². The summed E-state index contributed by atoms with van der Waals surface area (Å²) in [5.41, 5.74) is 7.35. The highest BCUT2D eigenvalue weighted by Gasteiger charge is 2.21. The molecule has 3 aromatic carbocycles. The maximum Gasteiger partial charge on any atom is 0.101 e. The largest absolute Gasteiger partial charge is 0.255 e. The van der Waals surface area contributed by atoms with E-state index < -0.39 is 0 Å². The fraction of sp³-hybridized carbons (Fsp3) is 0. The summed E-state index contributed by atoms with van der Waals surface area (Å²) >= 11 is 0. The lowest BCUT2D eigenvalue weighted by atomic mass is 9.97. The summed E-state index contributed by atoms with van der Waals surface area (Å²) in [6, 6.07) is 37.6. The lowest BCUT2D eigenvalue weighted by molar-refractivity contribution is 0.972. The van der Waals surface area contributed by atoms with Gasteiger partial charge in [-0.25, -0.2) is 4.52 Å². The number of hydrogen-bond acceptors (Lipinski definition) is 2. The van der Waals surface area contributed by atoms with Crippen LogP contribution in [0.3, 0.4) is 0 Å². The minimum Gasteiger partial charge on any atom is -0.255 e. The van der Waals surface area contributed by atoms with Gasteiger partial charge in [-0.1, -0.05) is 91.0 Å². The highest BCUT2D eigenvalue weighted by Crippen LogP contribution is 2.40. The van der Waals surface area contributed by atoms with Crippen LogP contribution in [0.25, 0.3) is 50.1 Å². The molecule has 0 saturated heterocycles. The Balaban J connectivity index is 1.83. The first-order chi connectivity index (χ1) is 15.4. The van der Waals surface area contributed by atoms with Gasteiger partial charge in [-0.15, -0.1) is 0 Å². The maximum atomic E-state index is 5.16. The summed E-state index contributed by atoms with van der Waals surface area (Å²) in [5, 5.41) is 7.51. The van der Waals surface area contributed by atoms with Gasteiger partial charge in [0.15, 0.2) is 0 Å². The van der Waals surface area contributed by atoms with Gasteiger partial charge in [-0.05, 0) is 29.1 Å². The Morgan fingerprint density at radius 1 is 0.613 bits per heavy atom. The fourth-order valence-electron chi connectivity index (χ4n) is 4.26. The second-order valence-corrected chi connectivity index (χ2v) is 7.55. The predicted octanol–water partition coefficient (Wildman–Crippen LogP) is 6.88. The normalized spacial score (nSPS) is 11.2. The second-order valence-electron chi connectivity index (χ2n) is 7.55. The summed E-state index contributed by atoms with van der Waals surface area (Å²) in [4.78, 5) is 4.63. The molecule has 0 radical (unpaired) electrons. The van der Waals surface area contributed by atoms with Crippen molar-refractivity contribution < 1.29 is 0 Å². The number of hydrogen-bond donors (Lipinski definition) is 0. The molecule has 146 valence electrons. The number of nitrogens with zero attached hydrogens (tertiary/aromatic N) is 3. The molecule has 3 nitrogen and oxygen atoms in total. The third-order valence-electron chi connectivity index (χ3n) is 5.66. The monoisotopic (exact) mass is 397 g/mol. The third-order valence-corrected chi connectivity index (χ3v) is 5.66. The van der Waals surface area contributed by atoms with E-state index in [1.165, 1.54) is 10.8 Å². The molecule has 6 rings (SSSR count). The Kier molecular flexibility index (Phi) is 4.10. The standard InChI is InChI=1S/C28H19N3/c1-3-11-20(12-4-1)26-27(21-13-5-2-6-14-21)30-31-25(24-17-9-10-18-29-24)19-22-15-7-8-16-23(22)28(26)31/h1-19H. The quantitative estimate of drug-likeness (QED) is 0.326. The predicted molar refractivity (Wildman–Crippen MR) is 127 cm³/mol. The van der Waals surface area contributed by atoms with E-state index in [2.05, 4.69) is 94.4 Å². The van der Waals surface area contributed by atoms with Gasteiger partial charge in [0.05, 0.1) is 16.9 Å². The van der Waals surface area contributed by atoms with Crippen molar-refractivity contribution in [3.05, 3.63) is 115 Å². The van der Waals surface area contributed by atoms with Gasteiger partial charge in [-0.2, -0.15) is 5.10 Å². The van der Waals surface area contributed by atoms with Crippen molar-refractivity contribution >= 4 is 16.3 Å². The van der Waals surface area contributed by atoms with E-state index >= 15 is 0 Å². The van der Waals surface area contributed by atoms with Crippen molar-refractivity contribution in [2.24, 2.45) is 0 Å². The SMILES string of the molecule is c1ccc(-c2nn3c(-c4ccccn4)cc4ccccc4c3c2-c2ccccc2)cc1. The summed E-state index contributed by atoms with van der Waals surface area (Å²) in [7, 11) is 0. The zero-order valence-corrected chi connectivity index (χ0v) is 16.8. The van der Waals surface area contributed by atoms with E-state index in [0.717, 1.165) is 39.3 Å². The van der Waals surface area contributed by atoms with Crippen molar-refractivity contribution in [1.82, 2.24) is 14.6 Å². The number of pyridine rings is 2. The van der Waals surface area contributed by atoms with E-state index in [1.54, 1.807) is 0 Å². The molecule has 0 atom stereocenters. The van der Waals surface area contributed by atoms with Crippen LogP contribution in [0.1, 0.15) is 0 Å². The molecule has 0 N–H and O–H groups in total. The van der Waals surface area contributed by atoms with E-state index in [9.17, 15) is 0 Å². The molecule has 0 fully saturated rings. The van der Waals surface area contributed by atoms with E-state index in [4.69, 9.17) is 5.10 Å². The van der Waals surface area contributed by atoms with Crippen molar-refractivity contribution in [2.45, 2.75) is 0 Å². The minimum atomic E-state index is 0.903. The second kappa shape index (κ2) is 7.22. The van der Waals surface area contributed by atoms with Crippen molar-refractivity contribution in [1.29, 1.82) is 0 Å². The van der Waals surface area contributed by atoms with Crippen molar-refractivity contribution in [2.75, 3.05) is 0 Å². The van der Waals surface area contributed by atoms with Crippen LogP contribution in [0.5, 0.6) is 0 Å². The van der Waals surface area contributed by atoms with Crippen LogP contribution in [-0.2, 0) is 0 Å². The van der Waals surface area contributed by atoms with Gasteiger partial charge in [0.2, 0.25) is 0 Å². The van der Waals surface area contributed by atoms with Crippen LogP contribution in [-0.4, -0.2) is 14.6 Å². The molecular formula is C28H19N3. The highest BCUT2D eigenvalue weighted by molar-refractivity contribution is 6.08. The van der Waals surface area contributed by atoms with E-state index in [1.807, 2.05) is 30.5 Å². The summed E-state index contributed by atoms with van der Waals surface area (Å²) in [6.45, 7) is 0. The summed E-state index contributed by atoms with van der Waals surface area (Å²) in [5.74, 6) is 0. The molecule has 0 spiro atoms. The zero-order valence-electron chi connectivity index (χ0n) is 16.8. The molecule has 0 aliphatic rings. The molecule has 0 aliphatic carbocycles. The lowest BCUT2D eigenvalue weighted by Gasteiger charge is -2.10. The third kappa shape index (κ3) is 2.90. The number of aromatic nitrogens is 3. The molecule has 0 unspecified atom stereocenters. The van der Waals surface area contributed by atoms with Crippen LogP contribution >= 0.6 is 0 Å². The number of rotatable bonds is 3. The Morgan fingerprint density at radius 3 is 2.03 bits per heavy atom. The van der Waals surface area contributed by atoms with Gasteiger partial charge in [0, 0.05) is 22.7 Å². The highest BCUT2D eigenvalue weighted by atomic mass is 15.2. The molecule has 6 aromatic rings. The minimum absolute atomic E-state index is 0.903. The van der Waals surface area contributed by atoms with Crippen LogP contribution in [0.2, 0.25) is 0 Å². The smallest absolute Gasteiger partial charge is 0.101 e. The van der Waals surface area contributed by atoms with Gasteiger partial charge >= 0.3 is 0 Å². The summed E-state index contributed by atoms with van der Waals surface area (Å²) in [6.07, 6.45) is 1.83. The van der Waals surface area contributed by atoms with Crippen LogP contribution in [0, 0.1) is 0 Å². The van der Waals surface area contributed by atoms with Gasteiger partial charge in [0.25, 0.3) is 0 Å². The molecular weight excluding hydrogens is 378 g/mol. The number of fused-ring (bicyclic) bond motifs is 3. The average Bonchev–Trinajstić information content (AvgIpc) is 3.26. The summed E-state index contributed by atoms with van der Waals surface area (Å²) < 4.78 is 2.06. The molecule has 31 heavy (non-hydrogen) atoms. The van der Waals surface area contributed by atoms with Crippen LogP contribution in [0.15, 0.2) is 115 Å². The van der Waals surface area contributed by atoms with E-state index in [-0.39, 0.29) is 0 Å². The van der Waals surface area contributed by atoms with Crippen LogP contribution in [0.4, 0.5) is 0 Å². The molecule has 3 heteroatoms. The molecule has 3 heterocycles. The Hall–Kier alpha value is -4.24. The van der Waals surface area contributed by atoms with E-state index in [0.29, 0.717) is 0 Å². The molecule has 3 aromatic heterocycles. The fourth-order valence-corrected chi connectivity index (χ4v) is 4.26. The first kappa shape index (κ1) is 17.6. The first-order valence-electron chi connectivity index (χ1n) is 10.4. The van der Waals surface area contributed by atoms with Crippen molar-refractivity contribution in [3.8, 4) is 33.8 Å². The van der Waals surface area contributed by atoms with Crippen molar-refractivity contribution in [3.63, 3.8) is 0 Å². The van der Waals surface area contributed by atoms with Gasteiger partial charge in [0.1, 0.15) is 5.69 Å². The van der Waals surface area contributed by atoms with Gasteiger partial charge in [-0.3, -0.25) is 4.98 Å². The number of benzene rings is 3. The Morgan fingerprint density at radius 2 is 1.29 bits per heavy atom. The molecule has 0 saturated carbocycles. The average molecular weight is 397 g/mol. The lowest BCUT2D eigenvalue weighted by Crippen LogP contribution is -1.97. The maximum absolute atomic E-state index is 5.16. The Labute approximate surface area is 180 Å². The van der Waals surface area contributed by atoms with Crippen LogP contribution < -0.4 is 0 Å². The molecule has 0 bridgehead atoms. The zero-order chi connectivity index (χ0) is 20.6. The molecule has 0 amide bonds. The molecule has 0 aliphatic heterocycles.